The summed E-state index contributed by atoms with van der Waals surface area (Å²) in [7, 11) is 3.30. The zero-order chi connectivity index (χ0) is 14.8. The second-order valence-electron chi connectivity index (χ2n) is 4.62. The zero-order valence-corrected chi connectivity index (χ0v) is 13.0. The molecular weight excluding hydrogens is 286 g/mol. The highest BCUT2D eigenvalue weighted by Gasteiger charge is 2.11. The van der Waals surface area contributed by atoms with E-state index in [1.165, 1.54) is 0 Å². The second-order valence-corrected chi connectivity index (χ2v) is 5.49. The van der Waals surface area contributed by atoms with E-state index in [-0.39, 0.29) is 0 Å². The number of aryl methyl sites for hydroxylation is 1. The number of imidazole rings is 1. The van der Waals surface area contributed by atoms with E-state index in [4.69, 9.17) is 9.47 Å². The highest BCUT2D eigenvalue weighted by atomic mass is 32.1. The predicted octanol–water partition coefficient (Wildman–Crippen LogP) is 3.33. The Hall–Kier alpha value is -2.21. The van der Waals surface area contributed by atoms with Crippen molar-refractivity contribution in [3.8, 4) is 11.5 Å². The number of hydrogen-bond acceptors (Lipinski definition) is 5. The molecule has 0 radical (unpaired) electrons. The van der Waals surface area contributed by atoms with Gasteiger partial charge in [-0.2, -0.15) is 0 Å². The lowest BCUT2D eigenvalue weighted by molar-refractivity contribution is 0.395. The molecule has 0 aliphatic heterocycles. The van der Waals surface area contributed by atoms with E-state index in [1.807, 2.05) is 36.7 Å². The zero-order valence-electron chi connectivity index (χ0n) is 12.2. The molecule has 21 heavy (non-hydrogen) atoms. The summed E-state index contributed by atoms with van der Waals surface area (Å²) >= 11 is 1.64. The highest BCUT2D eigenvalue weighted by molar-refractivity contribution is 7.15. The van der Waals surface area contributed by atoms with Crippen LogP contribution < -0.4 is 14.8 Å². The van der Waals surface area contributed by atoms with Crippen LogP contribution in [0.4, 0.5) is 5.69 Å². The third-order valence-electron chi connectivity index (χ3n) is 3.42. The Balaban J connectivity index is 1.84. The van der Waals surface area contributed by atoms with Crippen molar-refractivity contribution in [3.63, 3.8) is 0 Å². The summed E-state index contributed by atoms with van der Waals surface area (Å²) in [4.78, 5) is 5.57. The molecule has 0 amide bonds. The fourth-order valence-electron chi connectivity index (χ4n) is 2.28. The maximum Gasteiger partial charge on any atom is 0.194 e. The molecule has 0 bridgehead atoms. The summed E-state index contributed by atoms with van der Waals surface area (Å²) in [6.45, 7) is 2.72. The molecule has 0 fully saturated rings. The highest BCUT2D eigenvalue weighted by Crippen LogP contribution is 2.29. The Bertz CT molecular complexity index is 763. The van der Waals surface area contributed by atoms with E-state index in [0.29, 0.717) is 6.54 Å². The monoisotopic (exact) mass is 303 g/mol. The summed E-state index contributed by atoms with van der Waals surface area (Å²) in [6.07, 6.45) is 2.04. The number of aromatic nitrogens is 2. The Labute approximate surface area is 127 Å². The fourth-order valence-corrected chi connectivity index (χ4v) is 3.06. The number of hydrogen-bond donors (Lipinski definition) is 1. The van der Waals surface area contributed by atoms with Gasteiger partial charge in [-0.3, -0.25) is 4.40 Å². The van der Waals surface area contributed by atoms with Crippen LogP contribution in [0.2, 0.25) is 0 Å². The van der Waals surface area contributed by atoms with Crippen LogP contribution in [0.3, 0.4) is 0 Å². The molecular formula is C15H17N3O2S. The van der Waals surface area contributed by atoms with E-state index in [0.717, 1.165) is 33.5 Å². The van der Waals surface area contributed by atoms with Crippen LogP contribution in [0.5, 0.6) is 11.5 Å². The molecule has 1 N–H and O–H groups in total. The molecule has 0 unspecified atom stereocenters. The lowest BCUT2D eigenvalue weighted by Crippen LogP contribution is -2.05. The topological polar surface area (TPSA) is 47.8 Å². The molecule has 6 heteroatoms. The second kappa shape index (κ2) is 5.65. The van der Waals surface area contributed by atoms with Gasteiger partial charge in [0.2, 0.25) is 0 Å². The van der Waals surface area contributed by atoms with Crippen LogP contribution >= 0.6 is 11.3 Å². The molecule has 0 saturated carbocycles. The minimum absolute atomic E-state index is 0.687. The van der Waals surface area contributed by atoms with Gasteiger partial charge in [-0.15, -0.1) is 11.3 Å². The van der Waals surface area contributed by atoms with Crippen LogP contribution in [-0.4, -0.2) is 23.6 Å². The quantitative estimate of drug-likeness (QED) is 0.785. The minimum Gasteiger partial charge on any atom is -0.497 e. The molecule has 0 aliphatic rings. The van der Waals surface area contributed by atoms with Crippen molar-refractivity contribution in [1.29, 1.82) is 0 Å². The van der Waals surface area contributed by atoms with Crippen molar-refractivity contribution >= 4 is 22.0 Å². The average Bonchev–Trinajstić information content (AvgIpc) is 3.06. The predicted molar refractivity (Wildman–Crippen MR) is 84.7 cm³/mol. The van der Waals surface area contributed by atoms with E-state index >= 15 is 0 Å². The first-order valence-electron chi connectivity index (χ1n) is 6.60. The van der Waals surface area contributed by atoms with Crippen molar-refractivity contribution in [3.05, 3.63) is 41.2 Å². The molecule has 110 valence electrons. The number of methoxy groups -OCH3 is 2. The largest absolute Gasteiger partial charge is 0.497 e. The molecule has 2 aromatic heterocycles. The summed E-state index contributed by atoms with van der Waals surface area (Å²) in [5.74, 6) is 1.54. The summed E-state index contributed by atoms with van der Waals surface area (Å²) in [6, 6.07) is 5.74. The summed E-state index contributed by atoms with van der Waals surface area (Å²) < 4.78 is 12.7. The average molecular weight is 303 g/mol. The van der Waals surface area contributed by atoms with Crippen LogP contribution in [0.25, 0.3) is 4.96 Å². The van der Waals surface area contributed by atoms with Crippen molar-refractivity contribution in [2.24, 2.45) is 0 Å². The number of fused-ring (bicyclic) bond motifs is 1. The van der Waals surface area contributed by atoms with Gasteiger partial charge in [-0.05, 0) is 19.1 Å². The Morgan fingerprint density at radius 2 is 2.14 bits per heavy atom. The van der Waals surface area contributed by atoms with Gasteiger partial charge in [-0.25, -0.2) is 4.98 Å². The van der Waals surface area contributed by atoms with Crippen molar-refractivity contribution in [2.45, 2.75) is 13.5 Å². The first kappa shape index (κ1) is 13.8. The van der Waals surface area contributed by atoms with Gasteiger partial charge in [0.15, 0.2) is 4.96 Å². The minimum atomic E-state index is 0.687. The van der Waals surface area contributed by atoms with E-state index in [2.05, 4.69) is 14.7 Å². The lowest BCUT2D eigenvalue weighted by Gasteiger charge is -2.12. The number of nitrogens with one attached hydrogen (secondary N) is 1. The van der Waals surface area contributed by atoms with Crippen LogP contribution in [0.15, 0.2) is 29.8 Å². The molecule has 3 rings (SSSR count). The van der Waals surface area contributed by atoms with Gasteiger partial charge in [0.05, 0.1) is 37.8 Å². The molecule has 0 atom stereocenters. The standard InChI is InChI=1S/C15H17N3O2S/c1-10-13(18-6-7-21-15(18)17-10)9-16-12-5-4-11(19-2)8-14(12)20-3/h4-8,16H,9H2,1-3H3. The van der Waals surface area contributed by atoms with Crippen LogP contribution in [0.1, 0.15) is 11.4 Å². The number of rotatable bonds is 5. The lowest BCUT2D eigenvalue weighted by atomic mass is 10.2. The SMILES string of the molecule is COc1ccc(NCc2c(C)nc3sccn23)c(OC)c1. The Morgan fingerprint density at radius 1 is 1.29 bits per heavy atom. The maximum atomic E-state index is 5.40. The first-order valence-corrected chi connectivity index (χ1v) is 7.48. The van der Waals surface area contributed by atoms with Crippen molar-refractivity contribution < 1.29 is 9.47 Å². The normalized spacial score (nSPS) is 10.8. The van der Waals surface area contributed by atoms with Gasteiger partial charge < -0.3 is 14.8 Å². The number of thiazole rings is 1. The van der Waals surface area contributed by atoms with Crippen molar-refractivity contribution in [1.82, 2.24) is 9.38 Å². The summed E-state index contributed by atoms with van der Waals surface area (Å²) in [5.41, 5.74) is 3.13. The third kappa shape index (κ3) is 2.54. The molecule has 0 aliphatic carbocycles. The van der Waals surface area contributed by atoms with Gasteiger partial charge in [-0.1, -0.05) is 0 Å². The fraction of sp³-hybridized carbons (Fsp3) is 0.267. The maximum absolute atomic E-state index is 5.40. The van der Waals surface area contributed by atoms with E-state index in [1.54, 1.807) is 25.6 Å². The molecule has 1 aromatic carbocycles. The number of ether oxygens (including phenoxy) is 2. The summed E-state index contributed by atoms with van der Waals surface area (Å²) in [5, 5.41) is 5.44. The molecule has 5 nitrogen and oxygen atoms in total. The molecule has 0 spiro atoms. The van der Waals surface area contributed by atoms with E-state index < -0.39 is 0 Å². The number of benzene rings is 1. The third-order valence-corrected chi connectivity index (χ3v) is 4.17. The van der Waals surface area contributed by atoms with Crippen LogP contribution in [0, 0.1) is 6.92 Å². The van der Waals surface area contributed by atoms with Crippen molar-refractivity contribution in [2.75, 3.05) is 19.5 Å². The molecule has 3 aromatic rings. The van der Waals surface area contributed by atoms with Gasteiger partial charge in [0.1, 0.15) is 11.5 Å². The van der Waals surface area contributed by atoms with Gasteiger partial charge >= 0.3 is 0 Å². The van der Waals surface area contributed by atoms with Gasteiger partial charge in [0, 0.05) is 17.6 Å². The van der Waals surface area contributed by atoms with E-state index in [9.17, 15) is 0 Å². The Kier molecular flexibility index (Phi) is 3.70. The van der Waals surface area contributed by atoms with Crippen LogP contribution in [-0.2, 0) is 6.54 Å². The van der Waals surface area contributed by atoms with Gasteiger partial charge in [0.25, 0.3) is 0 Å². The molecule has 0 saturated heterocycles. The smallest absolute Gasteiger partial charge is 0.194 e. The number of anilines is 1. The number of nitrogens with zero attached hydrogens (tertiary/aromatic N) is 2. The molecule has 2 heterocycles. The Morgan fingerprint density at radius 3 is 2.90 bits per heavy atom. The first-order chi connectivity index (χ1) is 10.2.